The molecule has 0 amide bonds. The lowest BCUT2D eigenvalue weighted by molar-refractivity contribution is 0.283. The van der Waals surface area contributed by atoms with Crippen molar-refractivity contribution >= 4 is 15.9 Å². The molecule has 0 spiro atoms. The van der Waals surface area contributed by atoms with Gasteiger partial charge in [0.25, 0.3) is 0 Å². The largest absolute Gasteiger partial charge is 0.506 e. The first-order valence-corrected chi connectivity index (χ1v) is 4.77. The first-order valence-electron chi connectivity index (χ1n) is 3.98. The van der Waals surface area contributed by atoms with Crippen molar-refractivity contribution in [2.45, 2.75) is 6.54 Å². The van der Waals surface area contributed by atoms with E-state index < -0.39 is 0 Å². The molecule has 0 saturated carbocycles. The smallest absolute Gasteiger partial charge is 0.134 e. The molecule has 0 unspecified atom stereocenters. The van der Waals surface area contributed by atoms with Gasteiger partial charge in [-0.05, 0) is 22.0 Å². The van der Waals surface area contributed by atoms with E-state index in [0.29, 0.717) is 12.3 Å². The molecule has 0 heterocycles. The van der Waals surface area contributed by atoms with Crippen molar-refractivity contribution in [3.05, 3.63) is 28.2 Å². The zero-order valence-corrected chi connectivity index (χ0v) is 9.30. The number of phenolic OH excluding ortho intramolecular Hbond substituents is 1. The highest BCUT2D eigenvalue weighted by atomic mass is 79.9. The molecule has 0 bridgehead atoms. The Morgan fingerprint density at radius 3 is 2.77 bits per heavy atom. The maximum absolute atomic E-state index is 9.61. The summed E-state index contributed by atoms with van der Waals surface area (Å²) in [5.41, 5.74) is 3.96. The molecule has 72 valence electrons. The first kappa shape index (κ1) is 10.5. The van der Waals surface area contributed by atoms with Gasteiger partial charge >= 0.3 is 0 Å². The number of hydrogen-bond donors (Lipinski definition) is 2. The van der Waals surface area contributed by atoms with E-state index >= 15 is 0 Å². The standard InChI is InChI=1S/C9H13BrN2O/c1-12(2)11-6-7-4-3-5-8(10)9(7)13/h3-5,11,13H,6H2,1-2H3. The minimum atomic E-state index is 0.303. The van der Waals surface area contributed by atoms with E-state index in [1.807, 2.05) is 37.3 Å². The number of rotatable bonds is 3. The van der Waals surface area contributed by atoms with Crippen molar-refractivity contribution in [3.63, 3.8) is 0 Å². The summed E-state index contributed by atoms with van der Waals surface area (Å²) in [7, 11) is 3.82. The number of hydrazine groups is 1. The zero-order chi connectivity index (χ0) is 9.84. The molecule has 0 aliphatic rings. The molecule has 0 aromatic heterocycles. The molecular formula is C9H13BrN2O. The van der Waals surface area contributed by atoms with E-state index in [0.717, 1.165) is 10.0 Å². The minimum absolute atomic E-state index is 0.303. The van der Waals surface area contributed by atoms with Crippen molar-refractivity contribution in [2.75, 3.05) is 14.1 Å². The molecule has 1 aromatic carbocycles. The van der Waals surface area contributed by atoms with E-state index in [4.69, 9.17) is 0 Å². The number of nitrogens with zero attached hydrogens (tertiary/aromatic N) is 1. The third kappa shape index (κ3) is 2.99. The molecule has 0 atom stereocenters. The van der Waals surface area contributed by atoms with Crippen LogP contribution in [0.15, 0.2) is 22.7 Å². The van der Waals surface area contributed by atoms with E-state index in [1.54, 1.807) is 0 Å². The Bertz CT molecular complexity index is 289. The van der Waals surface area contributed by atoms with Crippen molar-refractivity contribution in [3.8, 4) is 5.75 Å². The lowest BCUT2D eigenvalue weighted by Gasteiger charge is -2.12. The normalized spacial score (nSPS) is 10.8. The lowest BCUT2D eigenvalue weighted by atomic mass is 10.2. The second-order valence-corrected chi connectivity index (χ2v) is 3.83. The van der Waals surface area contributed by atoms with E-state index in [9.17, 15) is 5.11 Å². The Hall–Kier alpha value is -0.580. The van der Waals surface area contributed by atoms with Gasteiger partial charge in [0.15, 0.2) is 0 Å². The fourth-order valence-corrected chi connectivity index (χ4v) is 1.35. The number of para-hydroxylation sites is 1. The van der Waals surface area contributed by atoms with Gasteiger partial charge in [-0.3, -0.25) is 10.4 Å². The number of benzene rings is 1. The van der Waals surface area contributed by atoms with Gasteiger partial charge < -0.3 is 5.11 Å². The van der Waals surface area contributed by atoms with Crippen LogP contribution in [0.3, 0.4) is 0 Å². The summed E-state index contributed by atoms with van der Waals surface area (Å²) < 4.78 is 0.727. The van der Waals surface area contributed by atoms with Crippen molar-refractivity contribution in [2.24, 2.45) is 0 Å². The number of phenols is 1. The quantitative estimate of drug-likeness (QED) is 0.796. The molecule has 4 heteroatoms. The van der Waals surface area contributed by atoms with Crippen LogP contribution in [0.5, 0.6) is 5.75 Å². The highest BCUT2D eigenvalue weighted by molar-refractivity contribution is 9.10. The van der Waals surface area contributed by atoms with Crippen molar-refractivity contribution in [1.29, 1.82) is 0 Å². The Labute approximate surface area is 86.5 Å². The monoisotopic (exact) mass is 244 g/mol. The zero-order valence-electron chi connectivity index (χ0n) is 7.71. The van der Waals surface area contributed by atoms with Gasteiger partial charge in [0.1, 0.15) is 5.75 Å². The van der Waals surface area contributed by atoms with Crippen LogP contribution in [0.1, 0.15) is 5.56 Å². The van der Waals surface area contributed by atoms with Crippen molar-refractivity contribution in [1.82, 2.24) is 10.4 Å². The van der Waals surface area contributed by atoms with Crippen LogP contribution in [0.25, 0.3) is 0 Å². The minimum Gasteiger partial charge on any atom is -0.506 e. The van der Waals surface area contributed by atoms with Gasteiger partial charge in [-0.2, -0.15) is 0 Å². The third-order valence-electron chi connectivity index (χ3n) is 1.66. The van der Waals surface area contributed by atoms with Gasteiger partial charge in [0.2, 0.25) is 0 Å². The Morgan fingerprint density at radius 1 is 1.46 bits per heavy atom. The number of nitrogens with one attached hydrogen (secondary N) is 1. The topological polar surface area (TPSA) is 35.5 Å². The predicted octanol–water partition coefficient (Wildman–Crippen LogP) is 1.72. The summed E-state index contributed by atoms with van der Waals surface area (Å²) in [4.78, 5) is 0. The maximum atomic E-state index is 9.61. The van der Waals surface area contributed by atoms with Gasteiger partial charge in [-0.15, -0.1) is 0 Å². The molecule has 0 saturated heterocycles. The van der Waals surface area contributed by atoms with Crippen LogP contribution in [-0.2, 0) is 6.54 Å². The van der Waals surface area contributed by atoms with Gasteiger partial charge in [-0.25, -0.2) is 0 Å². The Balaban J connectivity index is 2.71. The molecular weight excluding hydrogens is 232 g/mol. The molecule has 0 fully saturated rings. The second kappa shape index (κ2) is 4.60. The summed E-state index contributed by atoms with van der Waals surface area (Å²) in [5.74, 6) is 0.303. The highest BCUT2D eigenvalue weighted by Crippen LogP contribution is 2.26. The molecule has 2 N–H and O–H groups in total. The first-order chi connectivity index (χ1) is 6.11. The fraction of sp³-hybridized carbons (Fsp3) is 0.333. The average Bonchev–Trinajstić information content (AvgIpc) is 2.07. The van der Waals surface area contributed by atoms with Gasteiger partial charge in [0, 0.05) is 26.2 Å². The molecule has 0 radical (unpaired) electrons. The lowest BCUT2D eigenvalue weighted by Crippen LogP contribution is -2.29. The average molecular weight is 245 g/mol. The van der Waals surface area contributed by atoms with E-state index in [2.05, 4.69) is 21.4 Å². The molecule has 0 aliphatic carbocycles. The van der Waals surface area contributed by atoms with Gasteiger partial charge in [0.05, 0.1) is 4.47 Å². The number of aromatic hydroxyl groups is 1. The summed E-state index contributed by atoms with van der Waals surface area (Å²) in [6, 6.07) is 5.60. The number of hydrogen-bond acceptors (Lipinski definition) is 3. The van der Waals surface area contributed by atoms with E-state index in [-0.39, 0.29) is 0 Å². The van der Waals surface area contributed by atoms with Crippen LogP contribution < -0.4 is 5.43 Å². The van der Waals surface area contributed by atoms with Crippen LogP contribution in [0.2, 0.25) is 0 Å². The Kier molecular flexibility index (Phi) is 3.71. The number of halogens is 1. The van der Waals surface area contributed by atoms with Crippen LogP contribution in [0, 0.1) is 0 Å². The van der Waals surface area contributed by atoms with Gasteiger partial charge in [-0.1, -0.05) is 12.1 Å². The van der Waals surface area contributed by atoms with Crippen LogP contribution in [0.4, 0.5) is 0 Å². The SMILES string of the molecule is CN(C)NCc1cccc(Br)c1O. The maximum Gasteiger partial charge on any atom is 0.134 e. The molecule has 0 aliphatic heterocycles. The molecule has 1 aromatic rings. The predicted molar refractivity (Wildman–Crippen MR) is 56.3 cm³/mol. The third-order valence-corrected chi connectivity index (χ3v) is 2.30. The van der Waals surface area contributed by atoms with Crippen molar-refractivity contribution < 1.29 is 5.11 Å². The fourth-order valence-electron chi connectivity index (χ4n) is 0.946. The summed E-state index contributed by atoms with van der Waals surface area (Å²) in [5, 5.41) is 11.5. The van der Waals surface area contributed by atoms with Crippen LogP contribution in [-0.4, -0.2) is 24.2 Å². The second-order valence-electron chi connectivity index (χ2n) is 2.98. The highest BCUT2D eigenvalue weighted by Gasteiger charge is 2.03. The molecule has 1 rings (SSSR count). The van der Waals surface area contributed by atoms with Crippen LogP contribution >= 0.6 is 15.9 Å². The summed E-state index contributed by atoms with van der Waals surface area (Å²) in [6.45, 7) is 0.623. The summed E-state index contributed by atoms with van der Waals surface area (Å²) >= 11 is 3.26. The molecule has 13 heavy (non-hydrogen) atoms. The molecule has 3 nitrogen and oxygen atoms in total. The van der Waals surface area contributed by atoms with E-state index in [1.165, 1.54) is 0 Å². The Morgan fingerprint density at radius 2 is 2.15 bits per heavy atom. The summed E-state index contributed by atoms with van der Waals surface area (Å²) in [6.07, 6.45) is 0.